The molecule has 2 aromatic rings. The highest BCUT2D eigenvalue weighted by Crippen LogP contribution is 2.34. The van der Waals surface area contributed by atoms with Crippen LogP contribution in [0.1, 0.15) is 50.8 Å². The molecule has 2 heterocycles. The summed E-state index contributed by atoms with van der Waals surface area (Å²) >= 11 is 0. The van der Waals surface area contributed by atoms with Crippen LogP contribution in [0.3, 0.4) is 0 Å². The van der Waals surface area contributed by atoms with E-state index in [1.165, 1.54) is 31.4 Å². The largest absolute Gasteiger partial charge is 0.471 e. The molecule has 0 spiro atoms. The molecule has 9 nitrogen and oxygen atoms in total. The van der Waals surface area contributed by atoms with E-state index in [4.69, 9.17) is 0 Å². The molecule has 0 aliphatic carbocycles. The second-order valence-corrected chi connectivity index (χ2v) is 10.9. The number of likely N-dealkylation sites (tertiary alicyclic amines) is 1. The summed E-state index contributed by atoms with van der Waals surface area (Å²) in [5.74, 6) is -4.08. The van der Waals surface area contributed by atoms with E-state index >= 15 is 0 Å². The van der Waals surface area contributed by atoms with Gasteiger partial charge in [-0.15, -0.1) is 0 Å². The lowest BCUT2D eigenvalue weighted by Crippen LogP contribution is -2.54. The number of halogens is 3. The van der Waals surface area contributed by atoms with Gasteiger partial charge in [-0.1, -0.05) is 39.0 Å². The molecule has 216 valence electrons. The van der Waals surface area contributed by atoms with Crippen molar-refractivity contribution in [2.75, 3.05) is 32.1 Å². The number of hydrogen-bond acceptors (Lipinski definition) is 5. The highest BCUT2D eigenvalue weighted by Gasteiger charge is 2.49. The molecule has 1 aromatic carbocycles. The number of nitrogens with one attached hydrogen (secondary N) is 1. The second kappa shape index (κ2) is 12.1. The van der Waals surface area contributed by atoms with E-state index in [0.29, 0.717) is 4.90 Å². The number of aromatic nitrogens is 1. The summed E-state index contributed by atoms with van der Waals surface area (Å²) in [6.07, 6.45) is -2.13. The molecule has 0 bridgehead atoms. The van der Waals surface area contributed by atoms with Gasteiger partial charge in [0.15, 0.2) is 0 Å². The number of carbonyl (C=O) groups excluding carboxylic acids is 4. The maximum atomic E-state index is 14.1. The Morgan fingerprint density at radius 3 is 2.25 bits per heavy atom. The van der Waals surface area contributed by atoms with E-state index in [9.17, 15) is 32.3 Å². The molecular formula is C28H34F3N5O4. The number of rotatable bonds is 7. The third-order valence-corrected chi connectivity index (χ3v) is 6.71. The van der Waals surface area contributed by atoms with Crippen molar-refractivity contribution in [1.29, 1.82) is 0 Å². The van der Waals surface area contributed by atoms with Gasteiger partial charge in [0.1, 0.15) is 12.1 Å². The summed E-state index contributed by atoms with van der Waals surface area (Å²) in [6.45, 7) is 5.38. The van der Waals surface area contributed by atoms with Crippen molar-refractivity contribution in [2.45, 2.75) is 57.3 Å². The van der Waals surface area contributed by atoms with Crippen LogP contribution < -0.4 is 10.2 Å². The van der Waals surface area contributed by atoms with Crippen LogP contribution in [-0.2, 0) is 24.6 Å². The minimum absolute atomic E-state index is 0.00226. The topological polar surface area (TPSA) is 103 Å². The Balaban J connectivity index is 2.13. The van der Waals surface area contributed by atoms with Gasteiger partial charge in [0.25, 0.3) is 5.91 Å². The fraction of sp³-hybridized carbons (Fsp3) is 0.464. The average molecular weight is 562 g/mol. The lowest BCUT2D eigenvalue weighted by Gasteiger charge is -2.35. The molecule has 4 amide bonds. The number of alkyl halides is 3. The van der Waals surface area contributed by atoms with E-state index in [-0.39, 0.29) is 42.6 Å². The summed E-state index contributed by atoms with van der Waals surface area (Å²) in [5, 5.41) is 2.54. The maximum absolute atomic E-state index is 14.1. The molecule has 1 N–H and O–H groups in total. The number of anilines is 1. The van der Waals surface area contributed by atoms with E-state index in [2.05, 4.69) is 10.3 Å². The van der Waals surface area contributed by atoms with Crippen LogP contribution in [0.5, 0.6) is 0 Å². The summed E-state index contributed by atoms with van der Waals surface area (Å²) in [5.41, 5.74) is 1.21. The summed E-state index contributed by atoms with van der Waals surface area (Å²) < 4.78 is 40.2. The zero-order valence-electron chi connectivity index (χ0n) is 23.2. The van der Waals surface area contributed by atoms with Gasteiger partial charge in [-0.25, -0.2) is 0 Å². The number of carbonyl (C=O) groups is 4. The quantitative estimate of drug-likeness (QED) is 0.560. The van der Waals surface area contributed by atoms with Crippen molar-refractivity contribution in [1.82, 2.24) is 20.1 Å². The number of nitrogens with zero attached hydrogens (tertiary/aromatic N) is 4. The fourth-order valence-corrected chi connectivity index (χ4v) is 4.49. The molecule has 2 atom stereocenters. The molecule has 2 unspecified atom stereocenters. The van der Waals surface area contributed by atoms with E-state index < -0.39 is 41.9 Å². The zero-order chi connectivity index (χ0) is 29.8. The van der Waals surface area contributed by atoms with Gasteiger partial charge < -0.3 is 15.1 Å². The fourth-order valence-electron chi connectivity index (χ4n) is 4.49. The maximum Gasteiger partial charge on any atom is 0.471 e. The van der Waals surface area contributed by atoms with Crippen molar-refractivity contribution in [3.05, 3.63) is 59.9 Å². The average Bonchev–Trinajstić information content (AvgIpc) is 3.38. The van der Waals surface area contributed by atoms with Gasteiger partial charge in [-0.3, -0.25) is 29.1 Å². The standard InChI is InChI=1S/C28H34F3N5O4/c1-27(2,3)19-10-12-20(13-11-19)36(25(39)21-9-7-15-35(21)26(40)28(29,30)31)23(18-8-6-14-32-16-18)24(38)33-17-22(37)34(4)5/h6,8,10-14,16,21,23H,7,9,15,17H2,1-5H3,(H,33,38). The van der Waals surface area contributed by atoms with Gasteiger partial charge in [0.05, 0.1) is 6.54 Å². The molecular weight excluding hydrogens is 527 g/mol. The Kier molecular flexibility index (Phi) is 9.21. The molecule has 0 radical (unpaired) electrons. The first kappa shape index (κ1) is 30.6. The zero-order valence-corrected chi connectivity index (χ0v) is 23.2. The van der Waals surface area contributed by atoms with Crippen LogP contribution in [-0.4, -0.2) is 77.8 Å². The van der Waals surface area contributed by atoms with Crippen LogP contribution in [0.2, 0.25) is 0 Å². The molecule has 1 fully saturated rings. The lowest BCUT2D eigenvalue weighted by atomic mass is 9.87. The molecule has 3 rings (SSSR count). The molecule has 1 aliphatic heterocycles. The molecule has 40 heavy (non-hydrogen) atoms. The number of benzene rings is 1. The van der Waals surface area contributed by atoms with Gasteiger partial charge in [-0.05, 0) is 42.0 Å². The van der Waals surface area contributed by atoms with E-state index in [1.54, 1.807) is 36.4 Å². The first-order valence-corrected chi connectivity index (χ1v) is 12.8. The third-order valence-electron chi connectivity index (χ3n) is 6.71. The van der Waals surface area contributed by atoms with Crippen molar-refractivity contribution in [2.24, 2.45) is 0 Å². The minimum Gasteiger partial charge on any atom is -0.347 e. The van der Waals surface area contributed by atoms with E-state index in [1.807, 2.05) is 20.8 Å². The molecule has 1 saturated heterocycles. The number of hydrogen-bond donors (Lipinski definition) is 1. The van der Waals surface area contributed by atoms with Gasteiger partial charge in [0.2, 0.25) is 11.8 Å². The Morgan fingerprint density at radius 2 is 1.73 bits per heavy atom. The predicted octanol–water partition coefficient (Wildman–Crippen LogP) is 3.21. The Bertz CT molecular complexity index is 1230. The normalized spacial score (nSPS) is 16.3. The molecule has 1 aliphatic rings. The summed E-state index contributed by atoms with van der Waals surface area (Å²) in [6, 6.07) is 7.07. The Labute approximate surface area is 231 Å². The summed E-state index contributed by atoms with van der Waals surface area (Å²) in [4.78, 5) is 59.1. The van der Waals surface area contributed by atoms with Crippen LogP contribution in [0.25, 0.3) is 0 Å². The lowest BCUT2D eigenvalue weighted by molar-refractivity contribution is -0.186. The molecule has 0 saturated carbocycles. The molecule has 1 aromatic heterocycles. The van der Waals surface area contributed by atoms with Crippen LogP contribution in [0.4, 0.5) is 18.9 Å². The first-order valence-electron chi connectivity index (χ1n) is 12.8. The number of pyridine rings is 1. The smallest absolute Gasteiger partial charge is 0.347 e. The number of amides is 4. The van der Waals surface area contributed by atoms with Gasteiger partial charge in [0, 0.05) is 44.3 Å². The van der Waals surface area contributed by atoms with Crippen molar-refractivity contribution < 1.29 is 32.3 Å². The van der Waals surface area contributed by atoms with Gasteiger partial charge >= 0.3 is 12.1 Å². The predicted molar refractivity (Wildman–Crippen MR) is 142 cm³/mol. The minimum atomic E-state index is -5.16. The monoisotopic (exact) mass is 561 g/mol. The van der Waals surface area contributed by atoms with Crippen molar-refractivity contribution in [3.63, 3.8) is 0 Å². The first-order chi connectivity index (χ1) is 18.6. The Hall–Kier alpha value is -3.96. The highest BCUT2D eigenvalue weighted by molar-refractivity contribution is 6.05. The third kappa shape index (κ3) is 6.97. The van der Waals surface area contributed by atoms with Crippen molar-refractivity contribution in [3.8, 4) is 0 Å². The van der Waals surface area contributed by atoms with Crippen LogP contribution in [0.15, 0.2) is 48.8 Å². The van der Waals surface area contributed by atoms with Crippen LogP contribution in [0, 0.1) is 0 Å². The Morgan fingerprint density at radius 1 is 1.07 bits per heavy atom. The van der Waals surface area contributed by atoms with Crippen molar-refractivity contribution >= 4 is 29.3 Å². The second-order valence-electron chi connectivity index (χ2n) is 10.9. The van der Waals surface area contributed by atoms with Gasteiger partial charge in [-0.2, -0.15) is 13.2 Å². The highest BCUT2D eigenvalue weighted by atomic mass is 19.4. The molecule has 12 heteroatoms. The summed E-state index contributed by atoms with van der Waals surface area (Å²) in [7, 11) is 3.04. The number of likely N-dealkylation sites (N-methyl/N-ethyl adjacent to an activating group) is 1. The van der Waals surface area contributed by atoms with E-state index in [0.717, 1.165) is 10.5 Å². The SMILES string of the molecule is CN(C)C(=O)CNC(=O)C(c1cccnc1)N(C(=O)C1CCCN1C(=O)C(F)(F)F)c1ccc(C(C)(C)C)cc1. The van der Waals surface area contributed by atoms with Crippen LogP contribution >= 0.6 is 0 Å².